The van der Waals surface area contributed by atoms with Gasteiger partial charge >= 0.3 is 0 Å². The van der Waals surface area contributed by atoms with Crippen LogP contribution < -0.4 is 0 Å². The molecule has 4 aliphatic carbocycles. The summed E-state index contributed by atoms with van der Waals surface area (Å²) in [5.74, 6) is 8.00. The first kappa shape index (κ1) is 20.5. The van der Waals surface area contributed by atoms with Crippen molar-refractivity contribution >= 4 is 5.78 Å². The lowest BCUT2D eigenvalue weighted by atomic mass is 9.53. The molecular weight excluding hydrogens is 356 g/mol. The molecule has 1 aliphatic heterocycles. The molecule has 0 aromatic carbocycles. The van der Waals surface area contributed by atoms with Crippen molar-refractivity contribution in [2.45, 2.75) is 97.5 Å². The average molecular weight is 401 g/mol. The second kappa shape index (κ2) is 8.29. The highest BCUT2D eigenvalue weighted by molar-refractivity contribution is 5.84. The second-order valence-electron chi connectivity index (χ2n) is 12.0. The van der Waals surface area contributed by atoms with Crippen molar-refractivity contribution in [3.63, 3.8) is 0 Å². The molecule has 10 atom stereocenters. The van der Waals surface area contributed by atoms with E-state index in [-0.39, 0.29) is 0 Å². The van der Waals surface area contributed by atoms with Crippen LogP contribution in [0.5, 0.6) is 0 Å². The molecule has 0 spiro atoms. The first-order valence-corrected chi connectivity index (χ1v) is 13.2. The Balaban J connectivity index is 1.30. The van der Waals surface area contributed by atoms with Gasteiger partial charge in [-0.05, 0) is 98.2 Å². The Labute approximate surface area is 178 Å². The minimum atomic E-state index is 0.388. The highest BCUT2D eigenvalue weighted by Crippen LogP contribution is 2.59. The zero-order valence-electron chi connectivity index (χ0n) is 19.2. The van der Waals surface area contributed by atoms with Gasteiger partial charge in [-0.25, -0.2) is 0 Å². The number of carbonyl (C=O) groups is 1. The Morgan fingerprint density at radius 3 is 2.41 bits per heavy atom. The molecule has 0 aromatic heterocycles. The van der Waals surface area contributed by atoms with Crippen molar-refractivity contribution in [3.8, 4) is 0 Å². The Bertz CT molecular complexity index is 597. The van der Waals surface area contributed by atoms with Crippen molar-refractivity contribution in [1.82, 2.24) is 0 Å². The maximum Gasteiger partial charge on any atom is 0.136 e. The van der Waals surface area contributed by atoms with Crippen LogP contribution in [0.2, 0.25) is 0 Å². The molecule has 1 heterocycles. The number of hydrogen-bond donors (Lipinski definition) is 0. The summed E-state index contributed by atoms with van der Waals surface area (Å²) >= 11 is 0. The van der Waals surface area contributed by atoms with Gasteiger partial charge in [0, 0.05) is 18.9 Å². The van der Waals surface area contributed by atoms with Crippen LogP contribution in [0, 0.1) is 59.2 Å². The van der Waals surface area contributed by atoms with Crippen molar-refractivity contribution < 1.29 is 9.53 Å². The van der Waals surface area contributed by atoms with Gasteiger partial charge in [0.15, 0.2) is 0 Å². The van der Waals surface area contributed by atoms with Crippen LogP contribution in [-0.4, -0.2) is 18.5 Å². The van der Waals surface area contributed by atoms with E-state index in [0.29, 0.717) is 35.6 Å². The van der Waals surface area contributed by atoms with Crippen LogP contribution in [0.1, 0.15) is 91.4 Å². The Kier molecular flexibility index (Phi) is 5.86. The maximum atomic E-state index is 13.4. The molecular formula is C27H44O2. The van der Waals surface area contributed by atoms with E-state index in [0.717, 1.165) is 48.5 Å². The van der Waals surface area contributed by atoms with Crippen LogP contribution in [0.4, 0.5) is 0 Å². The van der Waals surface area contributed by atoms with Gasteiger partial charge in [-0.2, -0.15) is 0 Å². The first-order valence-electron chi connectivity index (χ1n) is 13.2. The molecule has 1 saturated heterocycles. The van der Waals surface area contributed by atoms with E-state index in [2.05, 4.69) is 20.8 Å². The average Bonchev–Trinajstić information content (AvgIpc) is 3.10. The van der Waals surface area contributed by atoms with Crippen LogP contribution in [0.25, 0.3) is 0 Å². The predicted octanol–water partition coefficient (Wildman–Crippen LogP) is 6.52. The summed E-state index contributed by atoms with van der Waals surface area (Å²) < 4.78 is 6.31. The highest BCUT2D eigenvalue weighted by Gasteiger charge is 2.55. The number of hydrogen-bond acceptors (Lipinski definition) is 2. The van der Waals surface area contributed by atoms with E-state index in [1.165, 1.54) is 64.2 Å². The molecule has 2 heteroatoms. The minimum absolute atomic E-state index is 0.388. The normalized spacial score (nSPS) is 48.7. The lowest BCUT2D eigenvalue weighted by Gasteiger charge is -2.52. The molecule has 5 aliphatic rings. The van der Waals surface area contributed by atoms with Gasteiger partial charge in [0.1, 0.15) is 5.78 Å². The lowest BCUT2D eigenvalue weighted by Crippen LogP contribution is -2.46. The largest absolute Gasteiger partial charge is 0.378 e. The van der Waals surface area contributed by atoms with Crippen molar-refractivity contribution in [1.29, 1.82) is 0 Å². The maximum absolute atomic E-state index is 13.4. The topological polar surface area (TPSA) is 26.3 Å². The molecule has 5 rings (SSSR count). The number of ether oxygens (including phenoxy) is 1. The van der Waals surface area contributed by atoms with Gasteiger partial charge in [-0.3, -0.25) is 4.79 Å². The fraction of sp³-hybridized carbons (Fsp3) is 0.963. The summed E-state index contributed by atoms with van der Waals surface area (Å²) in [7, 11) is 0. The first-order chi connectivity index (χ1) is 14.0. The Morgan fingerprint density at radius 1 is 0.828 bits per heavy atom. The van der Waals surface area contributed by atoms with Gasteiger partial charge < -0.3 is 4.74 Å². The SMILES string of the molecule is CC(C)C1CCOC(C(C)C2CC(=O)C3C2CCC2C4CCCCC4CCC23)C1. The molecule has 0 N–H and O–H groups in total. The van der Waals surface area contributed by atoms with E-state index in [1.807, 2.05) is 0 Å². The third kappa shape index (κ3) is 3.64. The third-order valence-electron chi connectivity index (χ3n) is 10.6. The monoisotopic (exact) mass is 400 g/mol. The van der Waals surface area contributed by atoms with Crippen molar-refractivity contribution in [3.05, 3.63) is 0 Å². The van der Waals surface area contributed by atoms with E-state index in [9.17, 15) is 4.79 Å². The molecule has 164 valence electrons. The fourth-order valence-electron chi connectivity index (χ4n) is 9.01. The van der Waals surface area contributed by atoms with Gasteiger partial charge in [0.05, 0.1) is 6.10 Å². The molecule has 29 heavy (non-hydrogen) atoms. The van der Waals surface area contributed by atoms with Crippen LogP contribution in [0.3, 0.4) is 0 Å². The minimum Gasteiger partial charge on any atom is -0.378 e. The zero-order valence-corrected chi connectivity index (χ0v) is 19.2. The van der Waals surface area contributed by atoms with Crippen LogP contribution in [0.15, 0.2) is 0 Å². The molecule has 0 bridgehead atoms. The molecule has 0 amide bonds. The summed E-state index contributed by atoms with van der Waals surface area (Å²) in [6.07, 6.45) is 15.1. The molecule has 2 nitrogen and oxygen atoms in total. The fourth-order valence-corrected chi connectivity index (χ4v) is 9.01. The summed E-state index contributed by atoms with van der Waals surface area (Å²) in [5, 5.41) is 0. The number of rotatable bonds is 3. The number of ketones is 1. The zero-order chi connectivity index (χ0) is 20.1. The van der Waals surface area contributed by atoms with Crippen LogP contribution >= 0.6 is 0 Å². The van der Waals surface area contributed by atoms with Gasteiger partial charge in [-0.15, -0.1) is 0 Å². The van der Waals surface area contributed by atoms with E-state index >= 15 is 0 Å². The Hall–Kier alpha value is -0.370. The van der Waals surface area contributed by atoms with Gasteiger partial charge in [0.2, 0.25) is 0 Å². The number of Topliss-reactive ketones (excluding diaryl/α,β-unsaturated/α-hetero) is 1. The quantitative estimate of drug-likeness (QED) is 0.539. The smallest absolute Gasteiger partial charge is 0.136 e. The van der Waals surface area contributed by atoms with E-state index < -0.39 is 0 Å². The summed E-state index contributed by atoms with van der Waals surface area (Å²) in [6.45, 7) is 8.10. The Morgan fingerprint density at radius 2 is 1.59 bits per heavy atom. The van der Waals surface area contributed by atoms with Gasteiger partial charge in [-0.1, -0.05) is 40.0 Å². The number of carbonyl (C=O) groups excluding carboxylic acids is 1. The lowest BCUT2D eigenvalue weighted by molar-refractivity contribution is -0.127. The van der Waals surface area contributed by atoms with Crippen LogP contribution in [-0.2, 0) is 9.53 Å². The summed E-state index contributed by atoms with van der Waals surface area (Å²) in [5.41, 5.74) is 0. The highest BCUT2D eigenvalue weighted by atomic mass is 16.5. The third-order valence-corrected chi connectivity index (χ3v) is 10.6. The summed E-state index contributed by atoms with van der Waals surface area (Å²) in [6, 6.07) is 0. The summed E-state index contributed by atoms with van der Waals surface area (Å²) in [4.78, 5) is 13.4. The molecule has 10 unspecified atom stereocenters. The van der Waals surface area contributed by atoms with E-state index in [4.69, 9.17) is 4.74 Å². The number of fused-ring (bicyclic) bond motifs is 5. The second-order valence-corrected chi connectivity index (χ2v) is 12.0. The molecule has 0 radical (unpaired) electrons. The van der Waals surface area contributed by atoms with Crippen molar-refractivity contribution in [2.24, 2.45) is 59.2 Å². The van der Waals surface area contributed by atoms with Gasteiger partial charge in [0.25, 0.3) is 0 Å². The standard InChI is InChI=1S/C27H44O2/c1-16(2)19-12-13-29-26(14-19)17(3)24-15-25(28)27-22-9-8-18-6-4-5-7-20(18)21(22)10-11-23(24)27/h16-24,26-27H,4-15H2,1-3H3. The van der Waals surface area contributed by atoms with E-state index in [1.54, 1.807) is 0 Å². The predicted molar refractivity (Wildman–Crippen MR) is 117 cm³/mol. The molecule has 4 saturated carbocycles. The van der Waals surface area contributed by atoms with Crippen molar-refractivity contribution in [2.75, 3.05) is 6.61 Å². The molecule has 0 aromatic rings. The molecule has 5 fully saturated rings.